The van der Waals surface area contributed by atoms with Crippen molar-refractivity contribution in [2.45, 2.75) is 17.5 Å². The summed E-state index contributed by atoms with van der Waals surface area (Å²) >= 11 is 6.38. The first-order valence-electron chi connectivity index (χ1n) is 13.9. The molecule has 4 unspecified atom stereocenters. The number of ketones is 2. The fourth-order valence-corrected chi connectivity index (χ4v) is 7.28. The van der Waals surface area contributed by atoms with E-state index in [0.29, 0.717) is 33.3 Å². The lowest BCUT2D eigenvalue weighted by Gasteiger charge is -2.37. The molecule has 43 heavy (non-hydrogen) atoms. The minimum atomic E-state index is -1.44. The number of carbonyl (C=O) groups excluding carboxylic acids is 3. The second-order valence-electron chi connectivity index (χ2n) is 10.9. The quantitative estimate of drug-likeness (QED) is 0.269. The van der Waals surface area contributed by atoms with E-state index in [2.05, 4.69) is 5.32 Å². The number of amides is 1. The molecule has 8 heteroatoms. The fraction of sp³-hybridized carbons (Fsp3) is 0.171. The van der Waals surface area contributed by atoms with Crippen LogP contribution >= 0.6 is 11.6 Å². The second kappa shape index (κ2) is 10.1. The number of halogens is 1. The number of para-hydroxylation sites is 1. The van der Waals surface area contributed by atoms with Crippen molar-refractivity contribution in [1.29, 1.82) is 0 Å². The monoisotopic (exact) mass is 590 g/mol. The minimum Gasteiger partial charge on any atom is -0.497 e. The molecule has 0 aromatic heterocycles. The standard InChI is InChI=1S/C35H27ClN2O5/c1-42-23-14-16-28(43-2)24(19-23)33(40)30-31(32(39)20-8-4-3-5-9-20)38-27-15-13-22(36)18-21(27)12-17-29(38)35(30)25-10-6-7-11-26(25)37-34(35)41/h3-19,29-31H,1-2H3,(H,37,41). The molecule has 4 atom stereocenters. The molecule has 3 aliphatic heterocycles. The van der Waals surface area contributed by atoms with E-state index in [0.717, 1.165) is 11.3 Å². The zero-order valence-corrected chi connectivity index (χ0v) is 24.2. The van der Waals surface area contributed by atoms with Crippen LogP contribution < -0.4 is 19.7 Å². The Labute approximate surface area is 253 Å². The van der Waals surface area contributed by atoms with E-state index in [1.807, 2.05) is 59.5 Å². The van der Waals surface area contributed by atoms with E-state index in [4.69, 9.17) is 21.1 Å². The Hall–Kier alpha value is -4.88. The molecule has 3 heterocycles. The highest BCUT2D eigenvalue weighted by molar-refractivity contribution is 6.31. The van der Waals surface area contributed by atoms with Crippen LogP contribution in [0.3, 0.4) is 0 Å². The number of nitrogens with zero attached hydrogens (tertiary/aromatic N) is 1. The van der Waals surface area contributed by atoms with Gasteiger partial charge in [0.25, 0.3) is 0 Å². The molecule has 1 N–H and O–H groups in total. The summed E-state index contributed by atoms with van der Waals surface area (Å²) in [5.74, 6) is -1.36. The van der Waals surface area contributed by atoms with Gasteiger partial charge in [-0.1, -0.05) is 72.3 Å². The van der Waals surface area contributed by atoms with E-state index in [1.165, 1.54) is 14.2 Å². The van der Waals surface area contributed by atoms with Gasteiger partial charge in [-0.05, 0) is 53.6 Å². The average Bonchev–Trinajstić information content (AvgIpc) is 3.52. The maximum atomic E-state index is 15.1. The van der Waals surface area contributed by atoms with Crippen molar-refractivity contribution in [2.75, 3.05) is 24.4 Å². The minimum absolute atomic E-state index is 0.231. The lowest BCUT2D eigenvalue weighted by Crippen LogP contribution is -2.51. The highest BCUT2D eigenvalue weighted by atomic mass is 35.5. The van der Waals surface area contributed by atoms with Crippen molar-refractivity contribution in [3.63, 3.8) is 0 Å². The molecule has 4 aromatic carbocycles. The summed E-state index contributed by atoms with van der Waals surface area (Å²) in [5.41, 5.74) is 2.03. The highest BCUT2D eigenvalue weighted by Crippen LogP contribution is 2.58. The van der Waals surface area contributed by atoms with Gasteiger partial charge in [0.05, 0.1) is 31.7 Å². The molecular weight excluding hydrogens is 564 g/mol. The highest BCUT2D eigenvalue weighted by Gasteiger charge is 2.70. The molecular formula is C35H27ClN2O5. The third kappa shape index (κ3) is 3.85. The summed E-state index contributed by atoms with van der Waals surface area (Å²) in [7, 11) is 3.00. The van der Waals surface area contributed by atoms with Crippen molar-refractivity contribution in [3.8, 4) is 11.5 Å². The molecule has 3 aliphatic rings. The molecule has 4 aromatic rings. The summed E-state index contributed by atoms with van der Waals surface area (Å²) < 4.78 is 11.1. The SMILES string of the molecule is COc1ccc(OC)c(C(=O)C2C(C(=O)c3ccccc3)N3c4ccc(Cl)cc4C=CC3C23C(=O)Nc2ccccc23)c1. The van der Waals surface area contributed by atoms with Crippen LogP contribution in [-0.2, 0) is 10.2 Å². The van der Waals surface area contributed by atoms with Gasteiger partial charge in [-0.3, -0.25) is 14.4 Å². The van der Waals surface area contributed by atoms with E-state index in [-0.39, 0.29) is 17.3 Å². The number of methoxy groups -OCH3 is 2. The van der Waals surface area contributed by atoms with Gasteiger partial charge in [0, 0.05) is 22.0 Å². The number of Topliss-reactive ketones (excluding diaryl/α,β-unsaturated/α-hetero) is 2. The zero-order chi connectivity index (χ0) is 29.9. The number of benzene rings is 4. The largest absolute Gasteiger partial charge is 0.497 e. The number of nitrogens with one attached hydrogen (secondary N) is 1. The van der Waals surface area contributed by atoms with Crippen LogP contribution in [0.25, 0.3) is 6.08 Å². The second-order valence-corrected chi connectivity index (χ2v) is 11.3. The summed E-state index contributed by atoms with van der Waals surface area (Å²) in [6.45, 7) is 0. The smallest absolute Gasteiger partial charge is 0.238 e. The lowest BCUT2D eigenvalue weighted by molar-refractivity contribution is -0.121. The van der Waals surface area contributed by atoms with Crippen LogP contribution in [0.5, 0.6) is 11.5 Å². The normalized spacial score (nSPS) is 22.9. The predicted octanol–water partition coefficient (Wildman–Crippen LogP) is 6.21. The molecule has 0 aliphatic carbocycles. The predicted molar refractivity (Wildman–Crippen MR) is 165 cm³/mol. The molecule has 214 valence electrons. The van der Waals surface area contributed by atoms with Crippen LogP contribution in [0.15, 0.2) is 97.1 Å². The van der Waals surface area contributed by atoms with Crippen molar-refractivity contribution in [1.82, 2.24) is 0 Å². The molecule has 7 nitrogen and oxygen atoms in total. The molecule has 1 saturated heterocycles. The summed E-state index contributed by atoms with van der Waals surface area (Å²) in [6, 6.07) is 25.0. The third-order valence-electron chi connectivity index (χ3n) is 8.88. The number of hydrogen-bond donors (Lipinski definition) is 1. The third-order valence-corrected chi connectivity index (χ3v) is 9.11. The van der Waals surface area contributed by atoms with Crippen LogP contribution in [0, 0.1) is 5.92 Å². The van der Waals surface area contributed by atoms with E-state index in [1.54, 1.807) is 48.5 Å². The van der Waals surface area contributed by atoms with E-state index in [9.17, 15) is 9.59 Å². The number of hydrogen-bond acceptors (Lipinski definition) is 6. The Kier molecular flexibility index (Phi) is 6.36. The van der Waals surface area contributed by atoms with Crippen molar-refractivity contribution < 1.29 is 23.9 Å². The van der Waals surface area contributed by atoms with Crippen LogP contribution in [0.1, 0.15) is 31.8 Å². The van der Waals surface area contributed by atoms with Crippen molar-refractivity contribution in [3.05, 3.63) is 124 Å². The topological polar surface area (TPSA) is 84.9 Å². The first-order valence-corrected chi connectivity index (χ1v) is 14.3. The van der Waals surface area contributed by atoms with Crippen molar-refractivity contribution >= 4 is 46.5 Å². The molecule has 0 bridgehead atoms. The Bertz CT molecular complexity index is 1840. The van der Waals surface area contributed by atoms with Crippen molar-refractivity contribution in [2.24, 2.45) is 5.92 Å². The lowest BCUT2D eigenvalue weighted by atomic mass is 9.64. The molecule has 0 saturated carbocycles. The Morgan fingerprint density at radius 2 is 1.65 bits per heavy atom. The number of ether oxygens (including phenoxy) is 2. The van der Waals surface area contributed by atoms with E-state index < -0.39 is 29.2 Å². The number of carbonyl (C=O) groups is 3. The zero-order valence-electron chi connectivity index (χ0n) is 23.4. The maximum Gasteiger partial charge on any atom is 0.238 e. The van der Waals surface area contributed by atoms with Gasteiger partial charge in [-0.2, -0.15) is 0 Å². The van der Waals surface area contributed by atoms with Gasteiger partial charge in [-0.25, -0.2) is 0 Å². The Balaban J connectivity index is 1.55. The van der Waals surface area contributed by atoms with Crippen LogP contribution in [0.4, 0.5) is 11.4 Å². The maximum absolute atomic E-state index is 15.1. The summed E-state index contributed by atoms with van der Waals surface area (Å²) in [6.07, 6.45) is 3.84. The van der Waals surface area contributed by atoms with Gasteiger partial charge < -0.3 is 19.7 Å². The molecule has 1 amide bonds. The average molecular weight is 591 g/mol. The molecule has 0 radical (unpaired) electrons. The number of anilines is 2. The first-order chi connectivity index (χ1) is 20.9. The molecule has 1 fully saturated rings. The van der Waals surface area contributed by atoms with Crippen LogP contribution in [-0.4, -0.2) is 43.8 Å². The first kappa shape index (κ1) is 27.0. The summed E-state index contributed by atoms with van der Waals surface area (Å²) in [4.78, 5) is 46.3. The van der Waals surface area contributed by atoms with Gasteiger partial charge in [0.15, 0.2) is 11.6 Å². The fourth-order valence-electron chi connectivity index (χ4n) is 7.10. The van der Waals surface area contributed by atoms with Gasteiger partial charge >= 0.3 is 0 Å². The van der Waals surface area contributed by atoms with Gasteiger partial charge in [0.1, 0.15) is 23.0 Å². The number of fused-ring (bicyclic) bond motifs is 6. The Morgan fingerprint density at radius 3 is 2.42 bits per heavy atom. The summed E-state index contributed by atoms with van der Waals surface area (Å²) in [5, 5.41) is 3.58. The number of rotatable bonds is 6. The molecule has 7 rings (SSSR count). The van der Waals surface area contributed by atoms with Gasteiger partial charge in [0.2, 0.25) is 5.91 Å². The van der Waals surface area contributed by atoms with Gasteiger partial charge in [-0.15, -0.1) is 0 Å². The van der Waals surface area contributed by atoms with Crippen LogP contribution in [0.2, 0.25) is 5.02 Å². The van der Waals surface area contributed by atoms with E-state index >= 15 is 4.79 Å². The Morgan fingerprint density at radius 1 is 0.884 bits per heavy atom. The molecule has 1 spiro atoms.